The molecule has 32 heavy (non-hydrogen) atoms. The maximum Gasteiger partial charge on any atom is 0.313 e. The lowest BCUT2D eigenvalue weighted by molar-refractivity contribution is -0.156. The predicted molar refractivity (Wildman–Crippen MR) is 110 cm³/mol. The van der Waals surface area contributed by atoms with Crippen molar-refractivity contribution < 1.29 is 43.1 Å². The van der Waals surface area contributed by atoms with Gasteiger partial charge >= 0.3 is 11.9 Å². The summed E-state index contributed by atoms with van der Waals surface area (Å²) in [6, 6.07) is 10.1. The third-order valence-corrected chi connectivity index (χ3v) is 5.65. The molecule has 0 saturated carbocycles. The van der Waals surface area contributed by atoms with Gasteiger partial charge in [-0.25, -0.2) is 0 Å². The molecule has 1 saturated heterocycles. The molecule has 9 heteroatoms. The topological polar surface area (TPSA) is 110 Å². The minimum Gasteiger partial charge on any atom is -0.493 e. The number of esters is 2. The summed E-state index contributed by atoms with van der Waals surface area (Å²) in [4.78, 5) is 24.7. The quantitative estimate of drug-likeness (QED) is 0.644. The minimum atomic E-state index is -1.08. The van der Waals surface area contributed by atoms with Crippen LogP contribution in [0.15, 0.2) is 36.4 Å². The van der Waals surface area contributed by atoms with Crippen LogP contribution in [0.2, 0.25) is 0 Å². The van der Waals surface area contributed by atoms with Crippen molar-refractivity contribution in [2.24, 2.45) is 11.8 Å². The molecule has 9 nitrogen and oxygen atoms in total. The van der Waals surface area contributed by atoms with Crippen molar-refractivity contribution >= 4 is 11.9 Å². The number of ether oxygens (including phenoxy) is 6. The Balaban J connectivity index is 1.68. The van der Waals surface area contributed by atoms with E-state index >= 15 is 0 Å². The van der Waals surface area contributed by atoms with E-state index in [1.54, 1.807) is 36.4 Å². The molecular weight excluding hydrogens is 420 g/mol. The summed E-state index contributed by atoms with van der Waals surface area (Å²) in [6.45, 7) is 1.32. The largest absolute Gasteiger partial charge is 0.493 e. The zero-order chi connectivity index (χ0) is 22.8. The summed E-state index contributed by atoms with van der Waals surface area (Å²) in [7, 11) is 3.01. The number of aliphatic hydroxyl groups excluding tert-OH is 1. The molecule has 2 aliphatic heterocycles. The van der Waals surface area contributed by atoms with Crippen LogP contribution < -0.4 is 18.9 Å². The lowest BCUT2D eigenvalue weighted by Gasteiger charge is -2.28. The predicted octanol–water partition coefficient (Wildman–Crippen LogP) is 2.56. The van der Waals surface area contributed by atoms with E-state index in [0.29, 0.717) is 34.1 Å². The highest BCUT2D eigenvalue weighted by molar-refractivity contribution is 5.77. The average Bonchev–Trinajstić information content (AvgIpc) is 3.42. The molecule has 0 bridgehead atoms. The molecular formula is C23H24O9. The van der Waals surface area contributed by atoms with E-state index in [1.807, 2.05) is 0 Å². The van der Waals surface area contributed by atoms with Crippen molar-refractivity contribution in [3.05, 3.63) is 47.5 Å². The van der Waals surface area contributed by atoms with Gasteiger partial charge in [0.05, 0.1) is 26.9 Å². The monoisotopic (exact) mass is 444 g/mol. The minimum absolute atomic E-state index is 0.0265. The number of cyclic esters (lactones) is 1. The fourth-order valence-corrected chi connectivity index (χ4v) is 4.09. The molecule has 0 aromatic heterocycles. The van der Waals surface area contributed by atoms with Crippen LogP contribution in [0.25, 0.3) is 0 Å². The van der Waals surface area contributed by atoms with Gasteiger partial charge in [0.1, 0.15) is 12.0 Å². The molecule has 170 valence electrons. The molecule has 2 aromatic rings. The second-order valence-electron chi connectivity index (χ2n) is 7.52. The highest BCUT2D eigenvalue weighted by atomic mass is 16.7. The third kappa shape index (κ3) is 4.03. The Bertz CT molecular complexity index is 1020. The lowest BCUT2D eigenvalue weighted by Crippen LogP contribution is -2.30. The van der Waals surface area contributed by atoms with Gasteiger partial charge in [0.15, 0.2) is 23.0 Å². The van der Waals surface area contributed by atoms with Gasteiger partial charge in [-0.05, 0) is 35.4 Å². The molecule has 0 spiro atoms. The van der Waals surface area contributed by atoms with Gasteiger partial charge in [-0.3, -0.25) is 9.59 Å². The summed E-state index contributed by atoms with van der Waals surface area (Å²) < 4.78 is 32.2. The highest BCUT2D eigenvalue weighted by Gasteiger charge is 2.48. The molecule has 0 unspecified atom stereocenters. The summed E-state index contributed by atoms with van der Waals surface area (Å²) in [5.74, 6) is -0.716. The van der Waals surface area contributed by atoms with Crippen LogP contribution in [0.1, 0.15) is 30.3 Å². The van der Waals surface area contributed by atoms with E-state index in [9.17, 15) is 14.7 Å². The first-order valence-corrected chi connectivity index (χ1v) is 10.1. The molecule has 4 atom stereocenters. The van der Waals surface area contributed by atoms with Gasteiger partial charge in [0.2, 0.25) is 6.79 Å². The third-order valence-electron chi connectivity index (χ3n) is 5.65. The fourth-order valence-electron chi connectivity index (χ4n) is 4.09. The standard InChI is InChI=1S/C23H24O9/c1-12(24)32-22(14-5-7-17-19(9-14)31-11-30-17)20-15(10-29-23(20)26)21(25)13-4-6-16(27-2)18(8-13)28-3/h4-9,15,20-22,25H,10-11H2,1-3H3/t15-,20-,21-,22+/m1/s1. The maximum atomic E-state index is 12.7. The number of carbonyl (C=O) groups is 2. The van der Waals surface area contributed by atoms with Gasteiger partial charge < -0.3 is 33.5 Å². The molecule has 4 rings (SSSR count). The summed E-state index contributed by atoms with van der Waals surface area (Å²) in [5, 5.41) is 11.2. The van der Waals surface area contributed by atoms with E-state index < -0.39 is 36.0 Å². The van der Waals surface area contributed by atoms with Crippen LogP contribution in [-0.2, 0) is 19.1 Å². The zero-order valence-electron chi connectivity index (χ0n) is 17.9. The van der Waals surface area contributed by atoms with E-state index in [4.69, 9.17) is 28.4 Å². The van der Waals surface area contributed by atoms with Crippen molar-refractivity contribution in [3.8, 4) is 23.0 Å². The molecule has 0 aliphatic carbocycles. The van der Waals surface area contributed by atoms with Gasteiger partial charge in [-0.15, -0.1) is 0 Å². The van der Waals surface area contributed by atoms with Crippen LogP contribution in [0, 0.1) is 11.8 Å². The van der Waals surface area contributed by atoms with Crippen molar-refractivity contribution in [2.45, 2.75) is 19.1 Å². The Morgan fingerprint density at radius 2 is 1.72 bits per heavy atom. The second-order valence-corrected chi connectivity index (χ2v) is 7.52. The SMILES string of the molecule is COc1ccc([C@@H](O)[C@@H]2COC(=O)[C@H]2[C@@H](OC(C)=O)c2ccc3c(c2)OCO3)cc1OC. The van der Waals surface area contributed by atoms with Crippen molar-refractivity contribution in [1.29, 1.82) is 0 Å². The summed E-state index contributed by atoms with van der Waals surface area (Å²) in [5.41, 5.74) is 1.06. The van der Waals surface area contributed by atoms with E-state index in [2.05, 4.69) is 0 Å². The van der Waals surface area contributed by atoms with Crippen molar-refractivity contribution in [3.63, 3.8) is 0 Å². The maximum absolute atomic E-state index is 12.7. The number of fused-ring (bicyclic) bond motifs is 1. The normalized spacial score (nSPS) is 20.9. The Hall–Kier alpha value is -3.46. The van der Waals surface area contributed by atoms with Gasteiger partial charge in [0.25, 0.3) is 0 Å². The first kappa shape index (κ1) is 21.8. The molecule has 2 aromatic carbocycles. The van der Waals surface area contributed by atoms with E-state index in [-0.39, 0.29) is 13.4 Å². The van der Waals surface area contributed by atoms with Gasteiger partial charge in [-0.2, -0.15) is 0 Å². The number of rotatable bonds is 7. The first-order valence-electron chi connectivity index (χ1n) is 10.1. The molecule has 2 aliphatic rings. The van der Waals surface area contributed by atoms with Crippen LogP contribution >= 0.6 is 0 Å². The van der Waals surface area contributed by atoms with E-state index in [0.717, 1.165) is 0 Å². The van der Waals surface area contributed by atoms with Gasteiger partial charge in [0, 0.05) is 12.8 Å². The number of aliphatic hydroxyl groups is 1. The Labute approximate surface area is 184 Å². The Kier molecular flexibility index (Phi) is 6.09. The summed E-state index contributed by atoms with van der Waals surface area (Å²) >= 11 is 0. The zero-order valence-corrected chi connectivity index (χ0v) is 17.9. The summed E-state index contributed by atoms with van der Waals surface area (Å²) in [6.07, 6.45) is -2.06. The molecule has 1 fully saturated rings. The van der Waals surface area contributed by atoms with Crippen LogP contribution in [0.3, 0.4) is 0 Å². The number of carbonyl (C=O) groups excluding carboxylic acids is 2. The highest BCUT2D eigenvalue weighted by Crippen LogP contribution is 2.45. The average molecular weight is 444 g/mol. The van der Waals surface area contributed by atoms with E-state index in [1.165, 1.54) is 21.1 Å². The van der Waals surface area contributed by atoms with Crippen LogP contribution in [0.4, 0.5) is 0 Å². The number of benzene rings is 2. The van der Waals surface area contributed by atoms with Crippen LogP contribution in [-0.4, -0.2) is 44.7 Å². The first-order chi connectivity index (χ1) is 15.4. The molecule has 1 N–H and O–H groups in total. The molecule has 0 radical (unpaired) electrons. The van der Waals surface area contributed by atoms with Gasteiger partial charge in [-0.1, -0.05) is 12.1 Å². The smallest absolute Gasteiger partial charge is 0.313 e. The number of hydrogen-bond acceptors (Lipinski definition) is 9. The number of hydrogen-bond donors (Lipinski definition) is 1. The number of methoxy groups -OCH3 is 2. The molecule has 0 amide bonds. The van der Waals surface area contributed by atoms with Crippen molar-refractivity contribution in [2.75, 3.05) is 27.6 Å². The lowest BCUT2D eigenvalue weighted by atomic mass is 9.81. The Morgan fingerprint density at radius 1 is 1.00 bits per heavy atom. The Morgan fingerprint density at radius 3 is 2.44 bits per heavy atom. The second kappa shape index (κ2) is 8.96. The van der Waals surface area contributed by atoms with Crippen molar-refractivity contribution in [1.82, 2.24) is 0 Å². The van der Waals surface area contributed by atoms with Crippen LogP contribution in [0.5, 0.6) is 23.0 Å². The molecule has 2 heterocycles. The fraction of sp³-hybridized carbons (Fsp3) is 0.391.